The Kier molecular flexibility index (Phi) is 9.72. The lowest BCUT2D eigenvalue weighted by Crippen LogP contribution is -2.47. The van der Waals surface area contributed by atoms with Crippen LogP contribution in [0.25, 0.3) is 10.9 Å². The number of amides is 2. The van der Waals surface area contributed by atoms with Crippen LogP contribution in [0, 0.1) is 11.3 Å². The molecule has 0 bridgehead atoms. The van der Waals surface area contributed by atoms with Gasteiger partial charge in [0, 0.05) is 30.4 Å². The number of benzene rings is 4. The van der Waals surface area contributed by atoms with Crippen molar-refractivity contribution in [1.82, 2.24) is 10.3 Å². The first-order valence-electron chi connectivity index (χ1n) is 16.1. The molecule has 0 atom stereocenters. The van der Waals surface area contributed by atoms with Crippen molar-refractivity contribution in [2.75, 3.05) is 24.4 Å². The number of methoxy groups -OCH3 is 1. The highest BCUT2D eigenvalue weighted by atomic mass is 16.6. The normalized spacial score (nSPS) is 12.4. The summed E-state index contributed by atoms with van der Waals surface area (Å²) in [5.74, 6) is 1.67. The van der Waals surface area contributed by atoms with Crippen molar-refractivity contribution in [2.45, 2.75) is 44.9 Å². The van der Waals surface area contributed by atoms with Gasteiger partial charge in [0.2, 0.25) is 0 Å². The second kappa shape index (κ2) is 14.5. The number of aromatic nitrogens is 1. The molecule has 2 amide bonds. The van der Waals surface area contributed by atoms with Crippen molar-refractivity contribution in [3.63, 3.8) is 0 Å². The van der Waals surface area contributed by atoms with Crippen molar-refractivity contribution >= 4 is 40.0 Å². The minimum absolute atomic E-state index is 0.124. The fourth-order valence-electron chi connectivity index (χ4n) is 5.17. The van der Waals surface area contributed by atoms with Crippen LogP contribution in [-0.4, -0.2) is 42.8 Å². The molecule has 1 aromatic heterocycles. The summed E-state index contributed by atoms with van der Waals surface area (Å²) >= 11 is 0. The number of hydrogen-bond donors (Lipinski definition) is 2. The molecule has 0 radical (unpaired) electrons. The number of nitrogens with zero attached hydrogens (tertiary/aromatic N) is 3. The molecular formula is C39H37N5O6. The maximum absolute atomic E-state index is 13.0. The van der Waals surface area contributed by atoms with Gasteiger partial charge in [-0.2, -0.15) is 5.26 Å². The van der Waals surface area contributed by atoms with Crippen LogP contribution in [0.5, 0.6) is 23.0 Å². The van der Waals surface area contributed by atoms with E-state index in [1.54, 1.807) is 57.3 Å². The first kappa shape index (κ1) is 33.6. The Balaban J connectivity index is 1.20. The van der Waals surface area contributed by atoms with Crippen LogP contribution < -0.4 is 29.7 Å². The first-order valence-corrected chi connectivity index (χ1v) is 16.1. The van der Waals surface area contributed by atoms with Gasteiger partial charge in [0.05, 0.1) is 29.6 Å². The molecule has 0 unspecified atom stereocenters. The van der Waals surface area contributed by atoms with Crippen LogP contribution in [0.2, 0.25) is 0 Å². The Morgan fingerprint density at radius 2 is 1.66 bits per heavy atom. The van der Waals surface area contributed by atoms with Gasteiger partial charge in [0.15, 0.2) is 17.1 Å². The smallest absolute Gasteiger partial charge is 0.414 e. The summed E-state index contributed by atoms with van der Waals surface area (Å²) < 4.78 is 23.5. The third kappa shape index (κ3) is 7.71. The van der Waals surface area contributed by atoms with Crippen LogP contribution >= 0.6 is 0 Å². The third-order valence-corrected chi connectivity index (χ3v) is 8.15. The molecule has 1 aliphatic carbocycles. The highest BCUT2D eigenvalue weighted by molar-refractivity contribution is 6.01. The highest BCUT2D eigenvalue weighted by Gasteiger charge is 2.35. The van der Waals surface area contributed by atoms with E-state index in [9.17, 15) is 14.9 Å². The maximum Gasteiger partial charge on any atom is 0.414 e. The lowest BCUT2D eigenvalue weighted by molar-refractivity contribution is -0.134. The molecule has 5 aromatic rings. The van der Waals surface area contributed by atoms with Gasteiger partial charge in [-0.15, -0.1) is 0 Å². The van der Waals surface area contributed by atoms with Crippen molar-refractivity contribution in [1.29, 1.82) is 5.26 Å². The molecule has 2 N–H and O–H groups in total. The fraction of sp³-hybridized carbons (Fsp3) is 0.231. The summed E-state index contributed by atoms with van der Waals surface area (Å²) in [6.07, 6.45) is 2.90. The van der Waals surface area contributed by atoms with Crippen molar-refractivity contribution in [2.24, 2.45) is 0 Å². The molecule has 254 valence electrons. The number of para-hydroxylation sites is 2. The van der Waals surface area contributed by atoms with Crippen molar-refractivity contribution in [3.05, 3.63) is 108 Å². The standard InChI is InChI=1S/C39H37N5O6/c1-39(2,37(45)43-28-14-15-28)50-34-13-9-8-12-33(34)49-29-18-16-27(17-19-29)42-36-26(22-40)23-41-31-21-32(35(47-4)20-30(31)36)44(3)38(46)48-24-25-10-6-5-7-11-25/h5-13,16-21,23,28H,14-15,24H2,1-4H3,(H,41,42)(H,43,45). The zero-order valence-corrected chi connectivity index (χ0v) is 28.2. The van der Waals surface area contributed by atoms with Crippen molar-refractivity contribution in [3.8, 4) is 29.1 Å². The summed E-state index contributed by atoms with van der Waals surface area (Å²) in [5, 5.41) is 16.9. The predicted molar refractivity (Wildman–Crippen MR) is 190 cm³/mol. The van der Waals surface area contributed by atoms with E-state index < -0.39 is 11.7 Å². The Hall–Kier alpha value is -6.28. The zero-order valence-electron chi connectivity index (χ0n) is 28.2. The Morgan fingerprint density at radius 1 is 0.960 bits per heavy atom. The van der Waals surface area contributed by atoms with E-state index in [4.69, 9.17) is 18.9 Å². The van der Waals surface area contributed by atoms with Crippen molar-refractivity contribution < 1.29 is 28.5 Å². The Labute approximate surface area is 290 Å². The number of fused-ring (bicyclic) bond motifs is 1. The molecule has 11 nitrogen and oxygen atoms in total. The van der Waals surface area contributed by atoms with Crippen LogP contribution in [0.15, 0.2) is 97.2 Å². The maximum atomic E-state index is 13.0. The van der Waals surface area contributed by atoms with E-state index in [2.05, 4.69) is 21.7 Å². The molecule has 4 aromatic carbocycles. The van der Waals surface area contributed by atoms with Gasteiger partial charge < -0.3 is 29.6 Å². The number of ether oxygens (including phenoxy) is 4. The number of carbonyl (C=O) groups is 2. The second-order valence-electron chi connectivity index (χ2n) is 12.4. The van der Waals surface area contributed by atoms with Gasteiger partial charge in [-0.05, 0) is 80.8 Å². The minimum Gasteiger partial charge on any atom is -0.495 e. The minimum atomic E-state index is -1.09. The van der Waals surface area contributed by atoms with Crippen LogP contribution in [0.4, 0.5) is 21.9 Å². The number of pyridine rings is 1. The number of carbonyl (C=O) groups excluding carboxylic acids is 2. The average molecular weight is 672 g/mol. The summed E-state index contributed by atoms with van der Waals surface area (Å²) in [5.41, 5.74) is 2.31. The van der Waals surface area contributed by atoms with Crippen LogP contribution in [0.1, 0.15) is 37.8 Å². The first-order chi connectivity index (χ1) is 24.1. The summed E-state index contributed by atoms with van der Waals surface area (Å²) in [6, 6.07) is 29.7. The average Bonchev–Trinajstić information content (AvgIpc) is 3.96. The van der Waals surface area contributed by atoms with Crippen LogP contribution in [-0.2, 0) is 16.1 Å². The lowest BCUT2D eigenvalue weighted by atomic mass is 10.1. The molecule has 50 heavy (non-hydrogen) atoms. The Bertz CT molecular complexity index is 2060. The molecule has 1 saturated carbocycles. The van der Waals surface area contributed by atoms with E-state index in [0.29, 0.717) is 56.5 Å². The number of anilines is 3. The monoisotopic (exact) mass is 671 g/mol. The lowest BCUT2D eigenvalue weighted by Gasteiger charge is -2.26. The number of rotatable bonds is 12. The van der Waals surface area contributed by atoms with Crippen LogP contribution in [0.3, 0.4) is 0 Å². The van der Waals surface area contributed by atoms with Gasteiger partial charge >= 0.3 is 6.09 Å². The number of nitrogens with one attached hydrogen (secondary N) is 2. The number of hydrogen-bond acceptors (Lipinski definition) is 9. The fourth-order valence-corrected chi connectivity index (χ4v) is 5.17. The van der Waals surface area contributed by atoms with E-state index >= 15 is 0 Å². The highest BCUT2D eigenvalue weighted by Crippen LogP contribution is 2.39. The van der Waals surface area contributed by atoms with Gasteiger partial charge in [-0.25, -0.2) is 4.79 Å². The van der Waals surface area contributed by atoms with E-state index in [1.165, 1.54) is 18.2 Å². The van der Waals surface area contributed by atoms with Gasteiger partial charge in [0.1, 0.15) is 24.2 Å². The molecular weight excluding hydrogens is 634 g/mol. The largest absolute Gasteiger partial charge is 0.495 e. The molecule has 0 saturated heterocycles. The molecule has 0 aliphatic heterocycles. The molecule has 0 spiro atoms. The molecule has 11 heteroatoms. The molecule has 1 aliphatic rings. The molecule has 1 heterocycles. The van der Waals surface area contributed by atoms with Gasteiger partial charge in [-0.3, -0.25) is 14.7 Å². The zero-order chi connectivity index (χ0) is 35.3. The Morgan fingerprint density at radius 3 is 2.34 bits per heavy atom. The number of nitriles is 1. The van der Waals surface area contributed by atoms with E-state index in [1.807, 2.05) is 54.6 Å². The summed E-state index contributed by atoms with van der Waals surface area (Å²) in [6.45, 7) is 3.59. The third-order valence-electron chi connectivity index (χ3n) is 8.15. The molecule has 6 rings (SSSR count). The topological polar surface area (TPSA) is 135 Å². The quantitative estimate of drug-likeness (QED) is 0.136. The second-order valence-corrected chi connectivity index (χ2v) is 12.4. The van der Waals surface area contributed by atoms with Gasteiger partial charge in [-0.1, -0.05) is 42.5 Å². The van der Waals surface area contributed by atoms with E-state index in [-0.39, 0.29) is 18.6 Å². The SMILES string of the molecule is COc1cc2c(Nc3ccc(Oc4ccccc4OC(C)(C)C(=O)NC4CC4)cc3)c(C#N)cnc2cc1N(C)C(=O)OCc1ccccc1. The summed E-state index contributed by atoms with van der Waals surface area (Å²) in [7, 11) is 3.11. The predicted octanol–water partition coefficient (Wildman–Crippen LogP) is 7.86. The summed E-state index contributed by atoms with van der Waals surface area (Å²) in [4.78, 5) is 31.6. The van der Waals surface area contributed by atoms with Gasteiger partial charge in [0.25, 0.3) is 5.91 Å². The molecule has 1 fully saturated rings. The van der Waals surface area contributed by atoms with E-state index in [0.717, 1.165) is 18.4 Å².